The van der Waals surface area contributed by atoms with Gasteiger partial charge in [0.1, 0.15) is 0 Å². The molecular formula is C20H22N2O2. The Morgan fingerprint density at radius 1 is 1.12 bits per heavy atom. The summed E-state index contributed by atoms with van der Waals surface area (Å²) in [6.07, 6.45) is 2.02. The Kier molecular flexibility index (Phi) is 4.65. The molecule has 0 fully saturated rings. The topological polar surface area (TPSA) is 49.4 Å². The lowest BCUT2D eigenvalue weighted by atomic mass is 10.1. The summed E-state index contributed by atoms with van der Waals surface area (Å²) in [5, 5.41) is 2.95. The first-order valence-corrected chi connectivity index (χ1v) is 8.29. The van der Waals surface area contributed by atoms with E-state index in [1.165, 1.54) is 11.1 Å². The molecule has 4 nitrogen and oxygen atoms in total. The molecule has 0 bridgehead atoms. The molecule has 0 radical (unpaired) electrons. The Bertz CT molecular complexity index is 766. The van der Waals surface area contributed by atoms with Gasteiger partial charge in [-0.1, -0.05) is 29.8 Å². The zero-order valence-electron chi connectivity index (χ0n) is 14.1. The van der Waals surface area contributed by atoms with Crippen LogP contribution in [0.25, 0.3) is 0 Å². The summed E-state index contributed by atoms with van der Waals surface area (Å²) in [5.41, 5.74) is 5.26. The maximum Gasteiger partial charge on any atom is 0.224 e. The fraction of sp³-hybridized carbons (Fsp3) is 0.300. The highest BCUT2D eigenvalue weighted by atomic mass is 16.2. The van der Waals surface area contributed by atoms with E-state index in [4.69, 9.17) is 0 Å². The van der Waals surface area contributed by atoms with Crippen molar-refractivity contribution >= 4 is 23.2 Å². The van der Waals surface area contributed by atoms with E-state index in [-0.39, 0.29) is 11.8 Å². The highest BCUT2D eigenvalue weighted by molar-refractivity contribution is 5.95. The van der Waals surface area contributed by atoms with Crippen molar-refractivity contribution in [2.75, 3.05) is 16.8 Å². The van der Waals surface area contributed by atoms with E-state index >= 15 is 0 Å². The number of nitrogens with one attached hydrogen (secondary N) is 1. The SMILES string of the molecule is CC(=O)N1CCc2cc(NC(=O)CCc3ccc(C)cc3)ccc21. The lowest BCUT2D eigenvalue weighted by Gasteiger charge is -2.15. The third kappa shape index (κ3) is 3.65. The van der Waals surface area contributed by atoms with Gasteiger partial charge in [-0.05, 0) is 49.1 Å². The van der Waals surface area contributed by atoms with Crippen molar-refractivity contribution in [3.05, 3.63) is 59.2 Å². The number of hydrogen-bond donors (Lipinski definition) is 1. The minimum atomic E-state index is 0.0111. The third-order valence-corrected chi connectivity index (χ3v) is 4.40. The quantitative estimate of drug-likeness (QED) is 0.937. The van der Waals surface area contributed by atoms with Gasteiger partial charge in [-0.25, -0.2) is 0 Å². The number of aryl methyl sites for hydroxylation is 2. The largest absolute Gasteiger partial charge is 0.326 e. The molecule has 1 aliphatic rings. The molecule has 0 saturated heterocycles. The Hall–Kier alpha value is -2.62. The average molecular weight is 322 g/mol. The monoisotopic (exact) mass is 322 g/mol. The molecule has 0 atom stereocenters. The third-order valence-electron chi connectivity index (χ3n) is 4.40. The van der Waals surface area contributed by atoms with Crippen LogP contribution in [0.1, 0.15) is 30.0 Å². The van der Waals surface area contributed by atoms with Crippen LogP contribution in [0.3, 0.4) is 0 Å². The Balaban J connectivity index is 1.59. The van der Waals surface area contributed by atoms with E-state index in [1.54, 1.807) is 11.8 Å². The van der Waals surface area contributed by atoms with Crippen molar-refractivity contribution in [2.24, 2.45) is 0 Å². The van der Waals surface area contributed by atoms with Crippen LogP contribution in [0, 0.1) is 6.92 Å². The van der Waals surface area contributed by atoms with E-state index in [2.05, 4.69) is 36.5 Å². The van der Waals surface area contributed by atoms with Crippen LogP contribution in [-0.2, 0) is 22.4 Å². The summed E-state index contributed by atoms with van der Waals surface area (Å²) in [4.78, 5) is 25.5. The van der Waals surface area contributed by atoms with Gasteiger partial charge in [-0.3, -0.25) is 9.59 Å². The van der Waals surface area contributed by atoms with Gasteiger partial charge in [0.25, 0.3) is 0 Å². The molecule has 1 N–H and O–H groups in total. The van der Waals surface area contributed by atoms with Crippen LogP contribution in [-0.4, -0.2) is 18.4 Å². The van der Waals surface area contributed by atoms with Crippen molar-refractivity contribution in [2.45, 2.75) is 33.1 Å². The van der Waals surface area contributed by atoms with Crippen molar-refractivity contribution < 1.29 is 9.59 Å². The first-order valence-electron chi connectivity index (χ1n) is 8.29. The number of amides is 2. The minimum absolute atomic E-state index is 0.0111. The molecule has 24 heavy (non-hydrogen) atoms. The summed E-state index contributed by atoms with van der Waals surface area (Å²) < 4.78 is 0. The molecule has 124 valence electrons. The average Bonchev–Trinajstić information content (AvgIpc) is 2.97. The number of hydrogen-bond acceptors (Lipinski definition) is 2. The minimum Gasteiger partial charge on any atom is -0.326 e. The second kappa shape index (κ2) is 6.87. The number of anilines is 2. The zero-order chi connectivity index (χ0) is 17.1. The van der Waals surface area contributed by atoms with E-state index in [0.29, 0.717) is 6.42 Å². The number of rotatable bonds is 4. The van der Waals surface area contributed by atoms with Gasteiger partial charge < -0.3 is 10.2 Å². The Labute approximate surface area is 142 Å². The van der Waals surface area contributed by atoms with Crippen molar-refractivity contribution in [1.82, 2.24) is 0 Å². The fourth-order valence-corrected chi connectivity index (χ4v) is 3.04. The Morgan fingerprint density at radius 2 is 1.88 bits per heavy atom. The molecule has 1 aliphatic heterocycles. The molecular weight excluding hydrogens is 300 g/mol. The van der Waals surface area contributed by atoms with Gasteiger partial charge in [-0.2, -0.15) is 0 Å². The van der Waals surface area contributed by atoms with Gasteiger partial charge in [0, 0.05) is 31.3 Å². The summed E-state index contributed by atoms with van der Waals surface area (Å²) in [5.74, 6) is 0.0700. The van der Waals surface area contributed by atoms with Crippen LogP contribution in [0.5, 0.6) is 0 Å². The normalized spacial score (nSPS) is 12.8. The molecule has 2 amide bonds. The van der Waals surface area contributed by atoms with Gasteiger partial charge in [0.15, 0.2) is 0 Å². The maximum atomic E-state index is 12.1. The van der Waals surface area contributed by atoms with E-state index < -0.39 is 0 Å². The van der Waals surface area contributed by atoms with E-state index in [9.17, 15) is 9.59 Å². The molecule has 3 rings (SSSR count). The first kappa shape index (κ1) is 16.2. The summed E-state index contributed by atoms with van der Waals surface area (Å²) in [6, 6.07) is 14.0. The predicted molar refractivity (Wildman–Crippen MR) is 96.3 cm³/mol. The van der Waals surface area contributed by atoms with Gasteiger partial charge in [0.2, 0.25) is 11.8 Å². The van der Waals surface area contributed by atoms with E-state index in [1.807, 2.05) is 18.2 Å². The number of fused-ring (bicyclic) bond motifs is 1. The molecule has 2 aromatic rings. The summed E-state index contributed by atoms with van der Waals surface area (Å²) >= 11 is 0. The summed E-state index contributed by atoms with van der Waals surface area (Å²) in [7, 11) is 0. The summed E-state index contributed by atoms with van der Waals surface area (Å²) in [6.45, 7) is 4.35. The van der Waals surface area contributed by atoms with Crippen LogP contribution in [0.4, 0.5) is 11.4 Å². The van der Waals surface area contributed by atoms with Crippen LogP contribution in [0.2, 0.25) is 0 Å². The zero-order valence-corrected chi connectivity index (χ0v) is 14.1. The standard InChI is InChI=1S/C20H22N2O2/c1-14-3-5-16(6-4-14)7-10-20(24)21-18-8-9-19-17(13-18)11-12-22(19)15(2)23/h3-6,8-9,13H,7,10-12H2,1-2H3,(H,21,24). The van der Waals surface area contributed by atoms with Crippen molar-refractivity contribution in [1.29, 1.82) is 0 Å². The lowest BCUT2D eigenvalue weighted by molar-refractivity contribution is -0.117. The highest BCUT2D eigenvalue weighted by Gasteiger charge is 2.22. The molecule has 0 aromatic heterocycles. The number of carbonyl (C=O) groups excluding carboxylic acids is 2. The Morgan fingerprint density at radius 3 is 2.58 bits per heavy atom. The predicted octanol–water partition coefficient (Wildman–Crippen LogP) is 3.48. The van der Waals surface area contributed by atoms with Gasteiger partial charge >= 0.3 is 0 Å². The van der Waals surface area contributed by atoms with Crippen molar-refractivity contribution in [3.63, 3.8) is 0 Å². The maximum absolute atomic E-state index is 12.1. The number of carbonyl (C=O) groups is 2. The second-order valence-electron chi connectivity index (χ2n) is 6.30. The molecule has 1 heterocycles. The molecule has 0 aliphatic carbocycles. The smallest absolute Gasteiger partial charge is 0.224 e. The molecule has 4 heteroatoms. The van der Waals surface area contributed by atoms with Crippen LogP contribution < -0.4 is 10.2 Å². The van der Waals surface area contributed by atoms with Gasteiger partial charge in [-0.15, -0.1) is 0 Å². The van der Waals surface area contributed by atoms with Crippen molar-refractivity contribution in [3.8, 4) is 0 Å². The number of benzene rings is 2. The second-order valence-corrected chi connectivity index (χ2v) is 6.30. The number of nitrogens with zero attached hydrogens (tertiary/aromatic N) is 1. The van der Waals surface area contributed by atoms with Gasteiger partial charge in [0.05, 0.1) is 0 Å². The molecule has 0 spiro atoms. The van der Waals surface area contributed by atoms with Crippen LogP contribution in [0.15, 0.2) is 42.5 Å². The molecule has 0 unspecified atom stereocenters. The van der Waals surface area contributed by atoms with E-state index in [0.717, 1.165) is 36.3 Å². The molecule has 0 saturated carbocycles. The molecule has 2 aromatic carbocycles. The highest BCUT2D eigenvalue weighted by Crippen LogP contribution is 2.30. The fourth-order valence-electron chi connectivity index (χ4n) is 3.04. The lowest BCUT2D eigenvalue weighted by Crippen LogP contribution is -2.25. The first-order chi connectivity index (χ1) is 11.5. The van der Waals surface area contributed by atoms with Crippen LogP contribution >= 0.6 is 0 Å².